The molecule has 0 radical (unpaired) electrons. The molecule has 5 nitrogen and oxygen atoms in total. The third kappa shape index (κ3) is 6.04. The van der Waals surface area contributed by atoms with Crippen LogP contribution in [0.1, 0.15) is 59.1 Å². The van der Waals surface area contributed by atoms with Gasteiger partial charge < -0.3 is 20.5 Å². The first kappa shape index (κ1) is 20.3. The van der Waals surface area contributed by atoms with Gasteiger partial charge in [-0.15, -0.1) is 0 Å². The Labute approximate surface area is 145 Å². The van der Waals surface area contributed by atoms with Gasteiger partial charge in [0, 0.05) is 12.0 Å². The second-order valence-corrected chi connectivity index (χ2v) is 6.28. The summed E-state index contributed by atoms with van der Waals surface area (Å²) in [7, 11) is 0. The molecule has 0 spiro atoms. The molecule has 3 atom stereocenters. The van der Waals surface area contributed by atoms with E-state index in [2.05, 4.69) is 19.2 Å². The Morgan fingerprint density at radius 2 is 1.67 bits per heavy atom. The van der Waals surface area contributed by atoms with Gasteiger partial charge in [0.2, 0.25) is 5.91 Å². The summed E-state index contributed by atoms with van der Waals surface area (Å²) < 4.78 is 11.5. The van der Waals surface area contributed by atoms with E-state index in [1.54, 1.807) is 0 Å². The van der Waals surface area contributed by atoms with E-state index in [1.807, 2.05) is 39.0 Å². The molecule has 136 valence electrons. The van der Waals surface area contributed by atoms with Crippen LogP contribution in [0.15, 0.2) is 18.2 Å². The molecule has 0 aliphatic heterocycles. The number of nitrogens with two attached hydrogens (primary N) is 1. The van der Waals surface area contributed by atoms with Crippen LogP contribution in [0.25, 0.3) is 0 Å². The number of carbonyl (C=O) groups excluding carboxylic acids is 1. The van der Waals surface area contributed by atoms with Crippen LogP contribution < -0.4 is 20.5 Å². The molecule has 5 heteroatoms. The van der Waals surface area contributed by atoms with Gasteiger partial charge in [-0.1, -0.05) is 26.8 Å². The van der Waals surface area contributed by atoms with Gasteiger partial charge in [-0.3, -0.25) is 4.79 Å². The van der Waals surface area contributed by atoms with E-state index in [9.17, 15) is 4.79 Å². The highest BCUT2D eigenvalue weighted by molar-refractivity contribution is 5.79. The second kappa shape index (κ2) is 10.2. The zero-order valence-corrected chi connectivity index (χ0v) is 15.6. The summed E-state index contributed by atoms with van der Waals surface area (Å²) in [6.07, 6.45) is 1.87. The minimum atomic E-state index is -0.226. The van der Waals surface area contributed by atoms with Crippen LogP contribution >= 0.6 is 0 Å². The van der Waals surface area contributed by atoms with E-state index in [4.69, 9.17) is 15.2 Å². The summed E-state index contributed by atoms with van der Waals surface area (Å²) >= 11 is 0. The monoisotopic (exact) mass is 336 g/mol. The topological polar surface area (TPSA) is 73.6 Å². The van der Waals surface area contributed by atoms with Crippen molar-refractivity contribution in [1.82, 2.24) is 5.32 Å². The van der Waals surface area contributed by atoms with Gasteiger partial charge in [-0.05, 0) is 44.4 Å². The van der Waals surface area contributed by atoms with Gasteiger partial charge in [0.1, 0.15) is 0 Å². The molecule has 24 heavy (non-hydrogen) atoms. The van der Waals surface area contributed by atoms with E-state index in [0.717, 1.165) is 29.9 Å². The average Bonchev–Trinajstić information content (AvgIpc) is 2.57. The molecule has 1 rings (SSSR count). The number of ether oxygens (including phenoxy) is 2. The maximum Gasteiger partial charge on any atom is 0.224 e. The van der Waals surface area contributed by atoms with E-state index in [0.29, 0.717) is 13.2 Å². The van der Waals surface area contributed by atoms with E-state index >= 15 is 0 Å². The predicted molar refractivity (Wildman–Crippen MR) is 97.4 cm³/mol. The number of carbonyl (C=O) groups is 1. The highest BCUT2D eigenvalue weighted by Crippen LogP contribution is 2.31. The Bertz CT molecular complexity index is 517. The summed E-state index contributed by atoms with van der Waals surface area (Å²) in [6, 6.07) is 5.52. The van der Waals surface area contributed by atoms with Crippen LogP contribution in [-0.2, 0) is 4.79 Å². The molecule has 3 unspecified atom stereocenters. The van der Waals surface area contributed by atoms with Gasteiger partial charge in [0.05, 0.1) is 19.3 Å². The van der Waals surface area contributed by atoms with Crippen LogP contribution in [0.4, 0.5) is 0 Å². The third-order valence-electron chi connectivity index (χ3n) is 3.95. The maximum absolute atomic E-state index is 12.2. The zero-order chi connectivity index (χ0) is 18.1. The quantitative estimate of drug-likeness (QED) is 0.686. The minimum Gasteiger partial charge on any atom is -0.490 e. The van der Waals surface area contributed by atoms with Crippen molar-refractivity contribution in [1.29, 1.82) is 0 Å². The Balaban J connectivity index is 2.87. The predicted octanol–water partition coefficient (Wildman–Crippen LogP) is 3.42. The number of hydrogen-bond donors (Lipinski definition) is 2. The maximum atomic E-state index is 12.2. The lowest BCUT2D eigenvalue weighted by molar-refractivity contribution is -0.125. The Morgan fingerprint density at radius 1 is 1.08 bits per heavy atom. The van der Waals surface area contributed by atoms with Gasteiger partial charge in [0.25, 0.3) is 0 Å². The summed E-state index contributed by atoms with van der Waals surface area (Å²) in [5.41, 5.74) is 6.78. The second-order valence-electron chi connectivity index (χ2n) is 6.28. The molecule has 0 bridgehead atoms. The first-order valence-corrected chi connectivity index (χ1v) is 8.86. The molecule has 0 aromatic heterocycles. The van der Waals surface area contributed by atoms with Crippen LogP contribution in [-0.4, -0.2) is 25.2 Å². The van der Waals surface area contributed by atoms with Crippen molar-refractivity contribution in [2.75, 3.05) is 13.2 Å². The Hall–Kier alpha value is -1.75. The van der Waals surface area contributed by atoms with Crippen LogP contribution in [0.5, 0.6) is 11.5 Å². The fourth-order valence-corrected chi connectivity index (χ4v) is 2.12. The zero-order valence-electron chi connectivity index (χ0n) is 15.6. The largest absolute Gasteiger partial charge is 0.490 e. The summed E-state index contributed by atoms with van der Waals surface area (Å²) in [4.78, 5) is 12.2. The molecular weight excluding hydrogens is 304 g/mol. The van der Waals surface area contributed by atoms with Crippen molar-refractivity contribution < 1.29 is 14.3 Å². The number of nitrogens with one attached hydrogen (secondary N) is 1. The minimum absolute atomic E-state index is 0.0418. The average molecular weight is 336 g/mol. The Morgan fingerprint density at radius 3 is 2.21 bits per heavy atom. The molecule has 0 saturated heterocycles. The first-order valence-electron chi connectivity index (χ1n) is 8.86. The van der Waals surface area contributed by atoms with E-state index < -0.39 is 0 Å². The van der Waals surface area contributed by atoms with Crippen molar-refractivity contribution in [2.45, 2.75) is 59.5 Å². The summed E-state index contributed by atoms with van der Waals surface area (Å²) in [6.45, 7) is 11.0. The molecule has 0 aliphatic carbocycles. The van der Waals surface area contributed by atoms with Crippen molar-refractivity contribution in [3.63, 3.8) is 0 Å². The molecule has 0 aliphatic rings. The fraction of sp³-hybridized carbons (Fsp3) is 0.632. The molecule has 1 aromatic rings. The SMILES string of the molecule is CCCOc1ccc(C(C)NC(=O)C(C)C(C)N)cc1OCCC. The molecule has 1 amide bonds. The molecule has 1 aromatic carbocycles. The number of amides is 1. The highest BCUT2D eigenvalue weighted by Gasteiger charge is 2.20. The smallest absolute Gasteiger partial charge is 0.224 e. The first-order chi connectivity index (χ1) is 11.4. The lowest BCUT2D eigenvalue weighted by atomic mass is 10.0. The standard InChI is InChI=1S/C19H32N2O3/c1-6-10-23-17-9-8-16(12-18(17)24-11-7-2)15(5)21-19(22)13(3)14(4)20/h8-9,12-15H,6-7,10-11,20H2,1-5H3,(H,21,22). The van der Waals surface area contributed by atoms with Gasteiger partial charge in [0.15, 0.2) is 11.5 Å². The Kier molecular flexibility index (Phi) is 8.61. The number of benzene rings is 1. The summed E-state index contributed by atoms with van der Waals surface area (Å²) in [5.74, 6) is 1.20. The van der Waals surface area contributed by atoms with Crippen molar-refractivity contribution in [3.05, 3.63) is 23.8 Å². The third-order valence-corrected chi connectivity index (χ3v) is 3.95. The van der Waals surface area contributed by atoms with Crippen LogP contribution in [0.3, 0.4) is 0 Å². The number of rotatable bonds is 10. The molecule has 0 heterocycles. The van der Waals surface area contributed by atoms with E-state index in [1.165, 1.54) is 0 Å². The van der Waals surface area contributed by atoms with Crippen molar-refractivity contribution >= 4 is 5.91 Å². The molecular formula is C19H32N2O3. The van der Waals surface area contributed by atoms with Crippen molar-refractivity contribution in [3.8, 4) is 11.5 Å². The normalized spacial score (nSPS) is 14.6. The van der Waals surface area contributed by atoms with Gasteiger partial charge in [-0.2, -0.15) is 0 Å². The van der Waals surface area contributed by atoms with Crippen LogP contribution in [0, 0.1) is 5.92 Å². The van der Waals surface area contributed by atoms with E-state index in [-0.39, 0.29) is 23.9 Å². The lowest BCUT2D eigenvalue weighted by Crippen LogP contribution is -2.39. The highest BCUT2D eigenvalue weighted by atomic mass is 16.5. The van der Waals surface area contributed by atoms with Crippen LogP contribution in [0.2, 0.25) is 0 Å². The van der Waals surface area contributed by atoms with Crippen molar-refractivity contribution in [2.24, 2.45) is 11.7 Å². The number of hydrogen-bond acceptors (Lipinski definition) is 4. The summed E-state index contributed by atoms with van der Waals surface area (Å²) in [5, 5.41) is 3.01. The molecule has 0 saturated carbocycles. The lowest BCUT2D eigenvalue weighted by Gasteiger charge is -2.21. The van der Waals surface area contributed by atoms with Gasteiger partial charge in [-0.25, -0.2) is 0 Å². The molecule has 0 fully saturated rings. The fourth-order valence-electron chi connectivity index (χ4n) is 2.12. The molecule has 3 N–H and O–H groups in total. The van der Waals surface area contributed by atoms with Gasteiger partial charge >= 0.3 is 0 Å².